The molecule has 3 aliphatic rings. The van der Waals surface area contributed by atoms with Crippen molar-refractivity contribution in [1.82, 2.24) is 14.7 Å². The van der Waals surface area contributed by atoms with Crippen LogP contribution in [0.3, 0.4) is 0 Å². The first-order valence-electron chi connectivity index (χ1n) is 10.6. The van der Waals surface area contributed by atoms with Gasteiger partial charge in [-0.1, -0.05) is 0 Å². The lowest BCUT2D eigenvalue weighted by Gasteiger charge is -2.40. The molecule has 0 radical (unpaired) electrons. The lowest BCUT2D eigenvalue weighted by Crippen LogP contribution is -2.53. The second-order valence-corrected chi connectivity index (χ2v) is 8.30. The molecule has 2 saturated heterocycles. The van der Waals surface area contributed by atoms with Crippen LogP contribution in [-0.4, -0.2) is 79.1 Å². The van der Waals surface area contributed by atoms with E-state index in [0.29, 0.717) is 11.9 Å². The number of furan rings is 1. The highest BCUT2D eigenvalue weighted by Gasteiger charge is 2.37. The Labute approximate surface area is 162 Å². The van der Waals surface area contributed by atoms with E-state index in [-0.39, 0.29) is 5.92 Å². The van der Waals surface area contributed by atoms with Gasteiger partial charge in [0.2, 0.25) is 5.91 Å². The molecule has 1 atom stereocenters. The summed E-state index contributed by atoms with van der Waals surface area (Å²) >= 11 is 0. The Morgan fingerprint density at radius 3 is 2.67 bits per heavy atom. The number of rotatable bonds is 7. The monoisotopic (exact) mass is 375 g/mol. The number of hydrogen-bond donors (Lipinski definition) is 0. The van der Waals surface area contributed by atoms with E-state index >= 15 is 0 Å². The molecule has 0 aromatic carbocycles. The summed E-state index contributed by atoms with van der Waals surface area (Å²) in [6.07, 6.45) is 4.43. The summed E-state index contributed by atoms with van der Waals surface area (Å²) in [6.45, 7) is 10.3. The number of aryl methyl sites for hydroxylation is 1. The third-order valence-corrected chi connectivity index (χ3v) is 6.07. The van der Waals surface area contributed by atoms with Crippen molar-refractivity contribution in [3.05, 3.63) is 23.7 Å². The number of ether oxygens (including phenoxy) is 1. The summed E-state index contributed by atoms with van der Waals surface area (Å²) in [5.41, 5.74) is 0. The summed E-state index contributed by atoms with van der Waals surface area (Å²) in [5, 5.41) is 0. The van der Waals surface area contributed by atoms with Gasteiger partial charge in [-0.05, 0) is 51.3 Å². The molecule has 6 heteroatoms. The number of carbonyl (C=O) groups excluding carboxylic acids is 1. The van der Waals surface area contributed by atoms with Crippen molar-refractivity contribution in [1.29, 1.82) is 0 Å². The number of hydrogen-bond acceptors (Lipinski definition) is 5. The van der Waals surface area contributed by atoms with Crippen molar-refractivity contribution in [2.24, 2.45) is 5.92 Å². The molecule has 1 saturated carbocycles. The number of amides is 1. The van der Waals surface area contributed by atoms with E-state index in [4.69, 9.17) is 9.15 Å². The van der Waals surface area contributed by atoms with Gasteiger partial charge in [0.05, 0.1) is 19.8 Å². The Morgan fingerprint density at radius 1 is 1.15 bits per heavy atom. The lowest BCUT2D eigenvalue weighted by molar-refractivity contribution is -0.136. The molecule has 1 unspecified atom stereocenters. The molecule has 2 aliphatic heterocycles. The number of likely N-dealkylation sites (tertiary alicyclic amines) is 1. The molecule has 150 valence electrons. The summed E-state index contributed by atoms with van der Waals surface area (Å²) < 4.78 is 11.2. The highest BCUT2D eigenvalue weighted by atomic mass is 16.5. The zero-order chi connectivity index (χ0) is 18.6. The van der Waals surface area contributed by atoms with E-state index in [1.807, 2.05) is 13.0 Å². The van der Waals surface area contributed by atoms with Crippen LogP contribution in [0.5, 0.6) is 0 Å². The van der Waals surface area contributed by atoms with Crippen molar-refractivity contribution < 1.29 is 13.9 Å². The minimum absolute atomic E-state index is 0.290. The molecular formula is C21H33N3O3. The summed E-state index contributed by atoms with van der Waals surface area (Å²) in [4.78, 5) is 20.1. The van der Waals surface area contributed by atoms with E-state index in [0.717, 1.165) is 96.2 Å². The Hall–Kier alpha value is -1.37. The van der Waals surface area contributed by atoms with Gasteiger partial charge in [0.25, 0.3) is 0 Å². The molecule has 1 aromatic heterocycles. The Bertz CT molecular complexity index is 622. The third-order valence-electron chi connectivity index (χ3n) is 6.07. The molecule has 3 heterocycles. The van der Waals surface area contributed by atoms with Crippen LogP contribution in [0, 0.1) is 12.8 Å². The predicted molar refractivity (Wildman–Crippen MR) is 103 cm³/mol. The molecule has 1 amide bonds. The maximum absolute atomic E-state index is 13.0. The van der Waals surface area contributed by atoms with Crippen LogP contribution < -0.4 is 0 Å². The number of carbonyl (C=O) groups is 1. The molecule has 27 heavy (non-hydrogen) atoms. The topological polar surface area (TPSA) is 49.2 Å². The van der Waals surface area contributed by atoms with Gasteiger partial charge in [0, 0.05) is 44.7 Å². The van der Waals surface area contributed by atoms with Crippen LogP contribution in [0.4, 0.5) is 0 Å². The molecule has 1 aromatic rings. The van der Waals surface area contributed by atoms with Gasteiger partial charge >= 0.3 is 0 Å². The van der Waals surface area contributed by atoms with E-state index in [1.54, 1.807) is 0 Å². The molecule has 4 rings (SSSR count). The van der Waals surface area contributed by atoms with Crippen LogP contribution in [-0.2, 0) is 16.1 Å². The van der Waals surface area contributed by atoms with Gasteiger partial charge in [-0.2, -0.15) is 0 Å². The summed E-state index contributed by atoms with van der Waals surface area (Å²) in [6, 6.07) is 4.44. The van der Waals surface area contributed by atoms with Crippen molar-refractivity contribution in [2.75, 3.05) is 52.5 Å². The molecular weight excluding hydrogens is 342 g/mol. The molecule has 1 aliphatic carbocycles. The average Bonchev–Trinajstić information content (AvgIpc) is 3.46. The molecule has 0 spiro atoms. The zero-order valence-corrected chi connectivity index (χ0v) is 16.6. The summed E-state index contributed by atoms with van der Waals surface area (Å²) in [7, 11) is 0. The predicted octanol–water partition coefficient (Wildman–Crippen LogP) is 2.12. The molecule has 0 bridgehead atoms. The Kier molecular flexibility index (Phi) is 6.15. The fourth-order valence-corrected chi connectivity index (χ4v) is 4.33. The van der Waals surface area contributed by atoms with Gasteiger partial charge in [0.15, 0.2) is 0 Å². The van der Waals surface area contributed by atoms with E-state index < -0.39 is 0 Å². The first-order valence-corrected chi connectivity index (χ1v) is 10.6. The maximum atomic E-state index is 13.0. The van der Waals surface area contributed by atoms with Crippen LogP contribution in [0.15, 0.2) is 16.5 Å². The fraction of sp³-hybridized carbons (Fsp3) is 0.762. The van der Waals surface area contributed by atoms with E-state index in [2.05, 4.69) is 20.8 Å². The second kappa shape index (κ2) is 8.76. The number of nitrogens with zero attached hydrogens (tertiary/aromatic N) is 3. The van der Waals surface area contributed by atoms with E-state index in [1.165, 1.54) is 0 Å². The van der Waals surface area contributed by atoms with Gasteiger partial charge in [-0.15, -0.1) is 0 Å². The van der Waals surface area contributed by atoms with Crippen LogP contribution in [0.1, 0.15) is 37.2 Å². The Balaban J connectivity index is 1.36. The SMILES string of the molecule is Cc1ccc(CN2CCCC(N(CCN3CCOCC3)C(=O)C3CC3)C2)o1. The molecule has 6 nitrogen and oxygen atoms in total. The minimum Gasteiger partial charge on any atom is -0.465 e. The number of morpholine rings is 1. The van der Waals surface area contributed by atoms with Gasteiger partial charge in [-0.3, -0.25) is 14.6 Å². The molecule has 3 fully saturated rings. The van der Waals surface area contributed by atoms with Crippen LogP contribution in [0.2, 0.25) is 0 Å². The van der Waals surface area contributed by atoms with Crippen molar-refractivity contribution in [3.63, 3.8) is 0 Å². The van der Waals surface area contributed by atoms with E-state index in [9.17, 15) is 4.79 Å². The quantitative estimate of drug-likeness (QED) is 0.731. The average molecular weight is 376 g/mol. The smallest absolute Gasteiger partial charge is 0.226 e. The minimum atomic E-state index is 0.290. The summed E-state index contributed by atoms with van der Waals surface area (Å²) in [5.74, 6) is 2.68. The van der Waals surface area contributed by atoms with Crippen molar-refractivity contribution in [3.8, 4) is 0 Å². The first-order chi connectivity index (χ1) is 13.2. The van der Waals surface area contributed by atoms with Gasteiger partial charge < -0.3 is 14.1 Å². The lowest BCUT2D eigenvalue weighted by atomic mass is 10.0. The largest absolute Gasteiger partial charge is 0.465 e. The first kappa shape index (κ1) is 19.0. The van der Waals surface area contributed by atoms with Gasteiger partial charge in [0.1, 0.15) is 11.5 Å². The second-order valence-electron chi connectivity index (χ2n) is 8.30. The maximum Gasteiger partial charge on any atom is 0.226 e. The number of piperidine rings is 1. The zero-order valence-electron chi connectivity index (χ0n) is 16.6. The standard InChI is InChI=1S/C21H33N3O3/c1-17-4-7-20(27-17)16-23-8-2-3-19(15-23)24(21(25)18-5-6-18)10-9-22-11-13-26-14-12-22/h4,7,18-19H,2-3,5-6,8-16H2,1H3. The highest BCUT2D eigenvalue weighted by Crippen LogP contribution is 2.32. The Morgan fingerprint density at radius 2 is 1.96 bits per heavy atom. The third kappa shape index (κ3) is 5.12. The fourth-order valence-electron chi connectivity index (χ4n) is 4.33. The van der Waals surface area contributed by atoms with Crippen LogP contribution in [0.25, 0.3) is 0 Å². The van der Waals surface area contributed by atoms with Crippen LogP contribution >= 0.6 is 0 Å². The van der Waals surface area contributed by atoms with Crippen molar-refractivity contribution in [2.45, 2.75) is 45.2 Å². The highest BCUT2D eigenvalue weighted by molar-refractivity contribution is 5.81. The molecule has 0 N–H and O–H groups in total. The van der Waals surface area contributed by atoms with Gasteiger partial charge in [-0.25, -0.2) is 0 Å². The normalized spacial score (nSPS) is 24.9. The van der Waals surface area contributed by atoms with Crippen molar-refractivity contribution >= 4 is 5.91 Å².